The number of hydrogen-bond acceptors (Lipinski definition) is 0. The third kappa shape index (κ3) is 6.96. The van der Waals surface area contributed by atoms with Crippen molar-refractivity contribution in [1.82, 2.24) is 0 Å². The Hall–Kier alpha value is -1.04. The lowest BCUT2D eigenvalue weighted by atomic mass is 10.0. The summed E-state index contributed by atoms with van der Waals surface area (Å²) in [7, 11) is 0. The van der Waals surface area contributed by atoms with Crippen LogP contribution in [0, 0.1) is 27.7 Å². The second-order valence-corrected chi connectivity index (χ2v) is 3.43. The van der Waals surface area contributed by atoms with Gasteiger partial charge in [0, 0.05) is 0 Å². The number of aryl methyl sites for hydroxylation is 3. The maximum Gasteiger partial charge on any atom is -0.0392 e. The van der Waals surface area contributed by atoms with E-state index < -0.39 is 0 Å². The monoisotopic (exact) mass is 206 g/mol. The molecule has 0 unspecified atom stereocenters. The first-order chi connectivity index (χ1) is 7.02. The number of benzene rings is 1. The third-order valence-electron chi connectivity index (χ3n) is 2.07. The number of hydrogen-bond donors (Lipinski definition) is 0. The average Bonchev–Trinajstić information content (AvgIpc) is 2.18. The minimum Gasteiger partial charge on any atom is -0.103 e. The van der Waals surface area contributed by atoms with E-state index in [9.17, 15) is 0 Å². The number of rotatable bonds is 0. The first kappa shape index (κ1) is 16.4. The molecule has 0 fully saturated rings. The standard InChI is InChI=1S/C10H14.C3H6.C2H6/c1-7-5-8(2)10(4)9(3)6-7;1-3-2;1-2/h5-6H,1-4H3;3H,1H2,2H3;1-2H3. The van der Waals surface area contributed by atoms with Gasteiger partial charge in [0.2, 0.25) is 0 Å². The maximum absolute atomic E-state index is 3.36. The Morgan fingerprint density at radius 1 is 0.933 bits per heavy atom. The molecule has 0 heteroatoms. The van der Waals surface area contributed by atoms with E-state index in [0.29, 0.717) is 0 Å². The summed E-state index contributed by atoms with van der Waals surface area (Å²) in [6.45, 7) is 17.9. The molecular weight excluding hydrogens is 180 g/mol. The Labute approximate surface area is 96.0 Å². The molecule has 1 aromatic carbocycles. The Balaban J connectivity index is 0. The van der Waals surface area contributed by atoms with E-state index in [1.807, 2.05) is 20.8 Å². The molecule has 0 spiro atoms. The van der Waals surface area contributed by atoms with Gasteiger partial charge in [0.05, 0.1) is 0 Å². The molecule has 0 N–H and O–H groups in total. The molecule has 1 rings (SSSR count). The molecule has 0 nitrogen and oxygen atoms in total. The van der Waals surface area contributed by atoms with Crippen LogP contribution in [0.3, 0.4) is 0 Å². The van der Waals surface area contributed by atoms with E-state index in [-0.39, 0.29) is 0 Å². The summed E-state index contributed by atoms with van der Waals surface area (Å²) in [5.41, 5.74) is 5.58. The van der Waals surface area contributed by atoms with Crippen molar-refractivity contribution >= 4 is 0 Å². The normalized spacial score (nSPS) is 7.93. The van der Waals surface area contributed by atoms with E-state index in [1.54, 1.807) is 6.08 Å². The second kappa shape index (κ2) is 9.51. The van der Waals surface area contributed by atoms with Crippen molar-refractivity contribution < 1.29 is 0 Å². The lowest BCUT2D eigenvalue weighted by Crippen LogP contribution is -1.86. The van der Waals surface area contributed by atoms with Crippen LogP contribution in [0.2, 0.25) is 0 Å². The van der Waals surface area contributed by atoms with Crippen LogP contribution >= 0.6 is 0 Å². The van der Waals surface area contributed by atoms with Crippen molar-refractivity contribution in [3.05, 3.63) is 47.0 Å². The molecule has 0 aliphatic heterocycles. The Morgan fingerprint density at radius 2 is 1.20 bits per heavy atom. The van der Waals surface area contributed by atoms with Crippen LogP contribution in [0.1, 0.15) is 43.0 Å². The molecule has 0 heterocycles. The number of allylic oxidation sites excluding steroid dienone is 1. The SMILES string of the molecule is C=CC.CC.Cc1cc(C)c(C)c(C)c1. The van der Waals surface area contributed by atoms with Gasteiger partial charge >= 0.3 is 0 Å². The summed E-state index contributed by atoms with van der Waals surface area (Å²) in [6.07, 6.45) is 1.75. The summed E-state index contributed by atoms with van der Waals surface area (Å²) in [4.78, 5) is 0. The quantitative estimate of drug-likeness (QED) is 0.516. The minimum atomic E-state index is 1.36. The van der Waals surface area contributed by atoms with Crippen molar-refractivity contribution in [3.8, 4) is 0 Å². The first-order valence-electron chi connectivity index (χ1n) is 5.64. The van der Waals surface area contributed by atoms with Crippen LogP contribution < -0.4 is 0 Å². The summed E-state index contributed by atoms with van der Waals surface area (Å²) in [5, 5.41) is 0. The molecule has 0 bridgehead atoms. The smallest absolute Gasteiger partial charge is 0.0392 e. The Bertz CT molecular complexity index is 259. The van der Waals surface area contributed by atoms with Gasteiger partial charge in [-0.15, -0.1) is 6.58 Å². The van der Waals surface area contributed by atoms with Crippen LogP contribution in [-0.2, 0) is 0 Å². The molecule has 15 heavy (non-hydrogen) atoms. The Morgan fingerprint density at radius 3 is 1.47 bits per heavy atom. The molecule has 0 aliphatic rings. The van der Waals surface area contributed by atoms with Crippen LogP contribution in [-0.4, -0.2) is 0 Å². The third-order valence-corrected chi connectivity index (χ3v) is 2.07. The molecule has 0 amide bonds. The van der Waals surface area contributed by atoms with Gasteiger partial charge in [-0.3, -0.25) is 0 Å². The molecule has 0 saturated heterocycles. The average molecular weight is 206 g/mol. The van der Waals surface area contributed by atoms with E-state index in [0.717, 1.165) is 0 Å². The predicted molar refractivity (Wildman–Crippen MR) is 72.6 cm³/mol. The van der Waals surface area contributed by atoms with Gasteiger partial charge in [-0.25, -0.2) is 0 Å². The Kier molecular flexibility index (Phi) is 10.4. The minimum absolute atomic E-state index is 1.36. The zero-order valence-electron chi connectivity index (χ0n) is 11.4. The lowest BCUT2D eigenvalue weighted by molar-refractivity contribution is 1.23. The summed E-state index contributed by atoms with van der Waals surface area (Å²) < 4.78 is 0. The van der Waals surface area contributed by atoms with Gasteiger partial charge in [-0.05, 0) is 51.3 Å². The van der Waals surface area contributed by atoms with E-state index in [2.05, 4.69) is 46.4 Å². The van der Waals surface area contributed by atoms with Crippen LogP contribution in [0.25, 0.3) is 0 Å². The highest BCUT2D eigenvalue weighted by molar-refractivity contribution is 5.35. The van der Waals surface area contributed by atoms with Crippen molar-refractivity contribution in [2.45, 2.75) is 48.5 Å². The topological polar surface area (TPSA) is 0 Å². The predicted octanol–water partition coefficient (Wildman–Crippen LogP) is 5.14. The van der Waals surface area contributed by atoms with E-state index in [1.165, 1.54) is 22.3 Å². The highest BCUT2D eigenvalue weighted by atomic mass is 14.0. The zero-order valence-corrected chi connectivity index (χ0v) is 11.4. The van der Waals surface area contributed by atoms with Crippen molar-refractivity contribution in [3.63, 3.8) is 0 Å². The van der Waals surface area contributed by atoms with Gasteiger partial charge in [0.15, 0.2) is 0 Å². The fourth-order valence-corrected chi connectivity index (χ4v) is 1.25. The zero-order chi connectivity index (χ0) is 12.4. The second-order valence-electron chi connectivity index (χ2n) is 3.43. The fourth-order valence-electron chi connectivity index (χ4n) is 1.25. The van der Waals surface area contributed by atoms with Crippen molar-refractivity contribution in [2.75, 3.05) is 0 Å². The summed E-state index contributed by atoms with van der Waals surface area (Å²) >= 11 is 0. The molecule has 0 saturated carbocycles. The maximum atomic E-state index is 3.36. The van der Waals surface area contributed by atoms with Gasteiger partial charge in [0.1, 0.15) is 0 Å². The molecule has 0 radical (unpaired) electrons. The molecule has 1 aromatic rings. The largest absolute Gasteiger partial charge is 0.103 e. The molecular formula is C15H26. The molecule has 0 atom stereocenters. The van der Waals surface area contributed by atoms with Crippen molar-refractivity contribution in [2.24, 2.45) is 0 Å². The van der Waals surface area contributed by atoms with Gasteiger partial charge < -0.3 is 0 Å². The van der Waals surface area contributed by atoms with Crippen LogP contribution in [0.5, 0.6) is 0 Å². The van der Waals surface area contributed by atoms with E-state index >= 15 is 0 Å². The van der Waals surface area contributed by atoms with Gasteiger partial charge in [-0.1, -0.05) is 37.6 Å². The van der Waals surface area contributed by atoms with Gasteiger partial charge in [0.25, 0.3) is 0 Å². The van der Waals surface area contributed by atoms with Crippen molar-refractivity contribution in [1.29, 1.82) is 0 Å². The fraction of sp³-hybridized carbons (Fsp3) is 0.467. The highest BCUT2D eigenvalue weighted by Crippen LogP contribution is 2.13. The van der Waals surface area contributed by atoms with Crippen LogP contribution in [0.4, 0.5) is 0 Å². The molecule has 0 aliphatic carbocycles. The molecule has 0 aromatic heterocycles. The summed E-state index contributed by atoms with van der Waals surface area (Å²) in [6, 6.07) is 4.45. The lowest BCUT2D eigenvalue weighted by Gasteiger charge is -2.04. The van der Waals surface area contributed by atoms with Crippen LogP contribution in [0.15, 0.2) is 24.8 Å². The highest BCUT2D eigenvalue weighted by Gasteiger charge is 1.95. The van der Waals surface area contributed by atoms with Gasteiger partial charge in [-0.2, -0.15) is 0 Å². The van der Waals surface area contributed by atoms with E-state index in [4.69, 9.17) is 0 Å². The summed E-state index contributed by atoms with van der Waals surface area (Å²) in [5.74, 6) is 0. The molecule has 86 valence electrons. The first-order valence-corrected chi connectivity index (χ1v) is 5.64.